The van der Waals surface area contributed by atoms with Crippen molar-refractivity contribution in [2.45, 2.75) is 4.90 Å². The lowest BCUT2D eigenvalue weighted by Gasteiger charge is -2.07. The number of sulfonamides is 1. The topological polar surface area (TPSA) is 176 Å². The highest BCUT2D eigenvalue weighted by Crippen LogP contribution is 2.25. The van der Waals surface area contributed by atoms with E-state index >= 15 is 0 Å². The number of azo groups is 1. The molecule has 0 aliphatic heterocycles. The van der Waals surface area contributed by atoms with Crippen molar-refractivity contribution in [3.8, 4) is 5.75 Å². The number of rotatable bonds is 6. The second kappa shape index (κ2) is 8.91. The van der Waals surface area contributed by atoms with Gasteiger partial charge < -0.3 is 16.4 Å². The molecule has 1 heterocycles. The molecule has 0 spiro atoms. The molecule has 0 bridgehead atoms. The van der Waals surface area contributed by atoms with Gasteiger partial charge in [0, 0.05) is 6.20 Å². The number of phenols is 1. The van der Waals surface area contributed by atoms with Crippen molar-refractivity contribution in [1.82, 2.24) is 11.1 Å². The molecule has 3 aromatic rings. The molecule has 6 N–H and O–H groups in total. The number of aromatic nitrogens is 1. The average molecular weight is 415 g/mol. The number of aromatic carboxylic acids is 1. The van der Waals surface area contributed by atoms with Crippen LogP contribution in [0, 0.1) is 0 Å². The van der Waals surface area contributed by atoms with Crippen LogP contribution in [0.25, 0.3) is 0 Å². The van der Waals surface area contributed by atoms with Gasteiger partial charge in [-0.1, -0.05) is 6.07 Å². The summed E-state index contributed by atoms with van der Waals surface area (Å²) < 4.78 is 27.0. The number of aromatic hydroxyl groups is 1. The molecule has 0 saturated carbocycles. The predicted octanol–water partition coefficient (Wildman–Crippen LogP) is 3.86. The minimum Gasteiger partial charge on any atom is -0.507 e. The Morgan fingerprint density at radius 2 is 1.62 bits per heavy atom. The van der Waals surface area contributed by atoms with E-state index in [9.17, 15) is 18.3 Å². The Bertz CT molecular complexity index is 1130. The van der Waals surface area contributed by atoms with Gasteiger partial charge in [-0.25, -0.2) is 18.2 Å². The Morgan fingerprint density at radius 3 is 2.24 bits per heavy atom. The van der Waals surface area contributed by atoms with Crippen LogP contribution in [0.1, 0.15) is 10.4 Å². The third kappa shape index (κ3) is 5.34. The summed E-state index contributed by atoms with van der Waals surface area (Å²) in [5.74, 6) is -1.46. The Balaban J connectivity index is 0.00000300. The van der Waals surface area contributed by atoms with Crippen molar-refractivity contribution < 1.29 is 23.4 Å². The van der Waals surface area contributed by atoms with E-state index in [1.807, 2.05) is 0 Å². The summed E-state index contributed by atoms with van der Waals surface area (Å²) in [5, 5.41) is 26.3. The normalized spacial score (nSPS) is 11.0. The van der Waals surface area contributed by atoms with E-state index in [0.717, 1.165) is 0 Å². The summed E-state index contributed by atoms with van der Waals surface area (Å²) in [5.41, 5.74) is 0.295. The predicted molar refractivity (Wildman–Crippen MR) is 106 cm³/mol. The highest BCUT2D eigenvalue weighted by Gasteiger charge is 2.14. The maximum Gasteiger partial charge on any atom is 0.339 e. The molecule has 0 fully saturated rings. The molecule has 0 amide bonds. The summed E-state index contributed by atoms with van der Waals surface area (Å²) in [6, 6.07) is 14.3. The van der Waals surface area contributed by atoms with Gasteiger partial charge in [0.25, 0.3) is 10.0 Å². The van der Waals surface area contributed by atoms with Crippen molar-refractivity contribution in [2.24, 2.45) is 10.2 Å². The van der Waals surface area contributed by atoms with Crippen LogP contribution in [0.4, 0.5) is 17.2 Å². The first-order valence-corrected chi connectivity index (χ1v) is 9.35. The number of nitrogens with zero attached hydrogens (tertiary/aromatic N) is 3. The summed E-state index contributed by atoms with van der Waals surface area (Å²) in [6.07, 6.45) is 1.47. The number of pyridine rings is 1. The van der Waals surface area contributed by atoms with Crippen molar-refractivity contribution in [2.75, 3.05) is 4.72 Å². The van der Waals surface area contributed by atoms with Gasteiger partial charge in [-0.15, -0.1) is 0 Å². The number of benzene rings is 2. The van der Waals surface area contributed by atoms with Gasteiger partial charge in [-0.3, -0.25) is 4.72 Å². The molecular formula is C18H17N5O5S. The van der Waals surface area contributed by atoms with Crippen LogP contribution in [0.15, 0.2) is 82.0 Å². The maximum absolute atomic E-state index is 12.3. The molecule has 2 aromatic carbocycles. The molecule has 0 saturated heterocycles. The zero-order chi connectivity index (χ0) is 20.1. The molecule has 0 unspecified atom stereocenters. The summed E-state index contributed by atoms with van der Waals surface area (Å²) in [6.45, 7) is 0. The highest BCUT2D eigenvalue weighted by molar-refractivity contribution is 7.92. The van der Waals surface area contributed by atoms with E-state index in [0.29, 0.717) is 5.69 Å². The molecule has 0 aliphatic rings. The van der Waals surface area contributed by atoms with Crippen molar-refractivity contribution in [3.05, 3.63) is 72.4 Å². The van der Waals surface area contributed by atoms with E-state index in [2.05, 4.69) is 19.9 Å². The van der Waals surface area contributed by atoms with Crippen LogP contribution in [-0.2, 0) is 10.0 Å². The fourth-order valence-corrected chi connectivity index (χ4v) is 3.19. The van der Waals surface area contributed by atoms with E-state index < -0.39 is 16.0 Å². The largest absolute Gasteiger partial charge is 0.507 e. The Morgan fingerprint density at radius 1 is 0.966 bits per heavy atom. The summed E-state index contributed by atoms with van der Waals surface area (Å²) in [7, 11) is -3.79. The van der Waals surface area contributed by atoms with Gasteiger partial charge in [-0.05, 0) is 54.6 Å². The van der Waals surface area contributed by atoms with Crippen LogP contribution >= 0.6 is 0 Å². The zero-order valence-corrected chi connectivity index (χ0v) is 15.7. The molecule has 150 valence electrons. The first-order chi connectivity index (χ1) is 13.3. The van der Waals surface area contributed by atoms with Gasteiger partial charge in [-0.2, -0.15) is 10.2 Å². The summed E-state index contributed by atoms with van der Waals surface area (Å²) >= 11 is 0. The fraction of sp³-hybridized carbons (Fsp3) is 0. The molecule has 10 nitrogen and oxygen atoms in total. The third-order valence-electron chi connectivity index (χ3n) is 3.54. The van der Waals surface area contributed by atoms with Gasteiger partial charge >= 0.3 is 5.97 Å². The number of carboxylic acids is 1. The third-order valence-corrected chi connectivity index (χ3v) is 4.91. The molecule has 29 heavy (non-hydrogen) atoms. The second-order valence-electron chi connectivity index (χ2n) is 5.52. The number of anilines is 1. The smallest absolute Gasteiger partial charge is 0.339 e. The quantitative estimate of drug-likeness (QED) is 0.441. The summed E-state index contributed by atoms with van der Waals surface area (Å²) in [4.78, 5) is 14.9. The Labute approximate surface area is 166 Å². The maximum atomic E-state index is 12.3. The molecule has 11 heteroatoms. The van der Waals surface area contributed by atoms with Crippen LogP contribution in [0.2, 0.25) is 0 Å². The van der Waals surface area contributed by atoms with Gasteiger partial charge in [0.05, 0.1) is 16.3 Å². The molecular weight excluding hydrogens is 398 g/mol. The minimum absolute atomic E-state index is 0. The first kappa shape index (κ1) is 21.5. The van der Waals surface area contributed by atoms with Crippen molar-refractivity contribution in [1.29, 1.82) is 0 Å². The number of carbonyl (C=O) groups is 1. The lowest BCUT2D eigenvalue weighted by molar-refractivity contribution is 0.0693. The number of nitrogens with one attached hydrogen (secondary N) is 1. The van der Waals surface area contributed by atoms with Gasteiger partial charge in [0.1, 0.15) is 17.1 Å². The molecule has 0 aliphatic carbocycles. The minimum atomic E-state index is -3.79. The van der Waals surface area contributed by atoms with Crippen LogP contribution in [-0.4, -0.2) is 29.6 Å². The number of hydrogen-bond acceptors (Lipinski definition) is 8. The average Bonchev–Trinajstić information content (AvgIpc) is 2.68. The second-order valence-corrected chi connectivity index (χ2v) is 7.20. The van der Waals surface area contributed by atoms with E-state index in [4.69, 9.17) is 5.11 Å². The lowest BCUT2D eigenvalue weighted by Crippen LogP contribution is -2.13. The van der Waals surface area contributed by atoms with Crippen molar-refractivity contribution >= 4 is 33.2 Å². The lowest BCUT2D eigenvalue weighted by atomic mass is 10.2. The Kier molecular flexibility index (Phi) is 6.59. The number of carboxylic acid groups (broad SMARTS) is 1. The van der Waals surface area contributed by atoms with E-state index in [1.165, 1.54) is 54.7 Å². The van der Waals surface area contributed by atoms with Gasteiger partial charge in [0.15, 0.2) is 0 Å². The Hall–Kier alpha value is -3.83. The highest BCUT2D eigenvalue weighted by atomic mass is 32.2. The van der Waals surface area contributed by atoms with Crippen LogP contribution in [0.5, 0.6) is 5.75 Å². The number of hydrogen-bond donors (Lipinski definition) is 4. The zero-order valence-electron chi connectivity index (χ0n) is 14.9. The molecule has 3 rings (SSSR count). The van der Waals surface area contributed by atoms with Crippen LogP contribution < -0.4 is 10.9 Å². The SMILES string of the molecule is N.O=C(O)c1cc(N=Nc2ccc(S(=O)(=O)Nc3ccccn3)cc2)ccc1O. The monoisotopic (exact) mass is 415 g/mol. The van der Waals surface area contributed by atoms with Gasteiger partial charge in [0.2, 0.25) is 0 Å². The molecule has 0 radical (unpaired) electrons. The van der Waals surface area contributed by atoms with Crippen molar-refractivity contribution in [3.63, 3.8) is 0 Å². The van der Waals surface area contributed by atoms with Crippen LogP contribution in [0.3, 0.4) is 0 Å². The van der Waals surface area contributed by atoms with E-state index in [-0.39, 0.29) is 33.9 Å². The molecule has 0 atom stereocenters. The standard InChI is InChI=1S/C18H14N4O5S.H3N/c23-16-9-6-13(11-15(16)18(24)25)21-20-12-4-7-14(8-5-12)28(26,27)22-17-3-1-2-10-19-17;/h1-11,23H,(H,19,22)(H,24,25);1H3. The fourth-order valence-electron chi connectivity index (χ4n) is 2.18. The molecule has 1 aromatic heterocycles. The first-order valence-electron chi connectivity index (χ1n) is 7.87. The van der Waals surface area contributed by atoms with E-state index in [1.54, 1.807) is 12.1 Å².